The highest BCUT2D eigenvalue weighted by molar-refractivity contribution is 5.66. The Balaban J connectivity index is 1.82. The van der Waals surface area contributed by atoms with E-state index >= 15 is 0 Å². The van der Waals surface area contributed by atoms with Crippen LogP contribution in [-0.2, 0) is 4.79 Å². The lowest BCUT2D eigenvalue weighted by atomic mass is 9.94. The third kappa shape index (κ3) is 9.75. The number of carboxylic acids is 1. The number of carboxylic acid groups (broad SMARTS) is 1. The van der Waals surface area contributed by atoms with Crippen molar-refractivity contribution in [2.45, 2.75) is 89.9 Å². The summed E-state index contributed by atoms with van der Waals surface area (Å²) in [6.45, 7) is 0. The van der Waals surface area contributed by atoms with E-state index in [-0.39, 0.29) is 0 Å². The van der Waals surface area contributed by atoms with Crippen molar-refractivity contribution in [1.82, 2.24) is 0 Å². The number of rotatable bonds is 10. The average molecular weight is 266 g/mol. The van der Waals surface area contributed by atoms with Gasteiger partial charge in [-0.1, -0.05) is 50.2 Å². The Bertz CT molecular complexity index is 260. The van der Waals surface area contributed by atoms with Gasteiger partial charge in [0.25, 0.3) is 0 Å². The monoisotopic (exact) mass is 266 g/mol. The van der Waals surface area contributed by atoms with E-state index in [4.69, 9.17) is 5.11 Å². The van der Waals surface area contributed by atoms with Crippen molar-refractivity contribution in [2.75, 3.05) is 0 Å². The van der Waals surface area contributed by atoms with E-state index in [1.54, 1.807) is 5.57 Å². The smallest absolute Gasteiger partial charge is 0.303 e. The summed E-state index contributed by atoms with van der Waals surface area (Å²) in [5, 5.41) is 8.52. The zero-order chi connectivity index (χ0) is 13.8. The van der Waals surface area contributed by atoms with Crippen molar-refractivity contribution in [3.8, 4) is 0 Å². The van der Waals surface area contributed by atoms with E-state index in [1.807, 2.05) is 0 Å². The molecule has 1 N–H and O–H groups in total. The average Bonchev–Trinajstić information content (AvgIpc) is 2.42. The maximum atomic E-state index is 10.3. The molecule has 19 heavy (non-hydrogen) atoms. The maximum absolute atomic E-state index is 10.3. The molecule has 0 atom stereocenters. The lowest BCUT2D eigenvalue weighted by Gasteiger charge is -2.13. The fourth-order valence-electron chi connectivity index (χ4n) is 2.82. The molecule has 1 rings (SSSR count). The lowest BCUT2D eigenvalue weighted by molar-refractivity contribution is -0.137. The summed E-state index contributed by atoms with van der Waals surface area (Å²) in [5.41, 5.74) is 1.71. The molecule has 0 saturated heterocycles. The maximum Gasteiger partial charge on any atom is 0.303 e. The van der Waals surface area contributed by atoms with Crippen molar-refractivity contribution in [1.29, 1.82) is 0 Å². The van der Waals surface area contributed by atoms with Gasteiger partial charge in [0.15, 0.2) is 0 Å². The topological polar surface area (TPSA) is 37.3 Å². The van der Waals surface area contributed by atoms with Crippen LogP contribution in [0.15, 0.2) is 11.6 Å². The van der Waals surface area contributed by atoms with Gasteiger partial charge in [-0.05, 0) is 44.9 Å². The van der Waals surface area contributed by atoms with Gasteiger partial charge in [-0.2, -0.15) is 0 Å². The van der Waals surface area contributed by atoms with Crippen molar-refractivity contribution in [3.63, 3.8) is 0 Å². The summed E-state index contributed by atoms with van der Waals surface area (Å²) < 4.78 is 0. The quantitative estimate of drug-likeness (QED) is 0.420. The van der Waals surface area contributed by atoms with Gasteiger partial charge in [0, 0.05) is 6.42 Å². The molecule has 0 aliphatic heterocycles. The molecule has 1 fully saturated rings. The van der Waals surface area contributed by atoms with Gasteiger partial charge < -0.3 is 5.11 Å². The third-order valence-electron chi connectivity index (χ3n) is 4.02. The van der Waals surface area contributed by atoms with Crippen LogP contribution in [0.1, 0.15) is 89.9 Å². The molecule has 1 aliphatic carbocycles. The Hall–Kier alpha value is -0.790. The predicted octanol–water partition coefficient (Wildman–Crippen LogP) is 5.47. The van der Waals surface area contributed by atoms with Crippen LogP contribution in [0.4, 0.5) is 0 Å². The second kappa shape index (κ2) is 11.1. The summed E-state index contributed by atoms with van der Waals surface area (Å²) in [7, 11) is 0. The van der Waals surface area contributed by atoms with Crippen LogP contribution in [0.2, 0.25) is 0 Å². The van der Waals surface area contributed by atoms with E-state index in [1.165, 1.54) is 70.6 Å². The zero-order valence-corrected chi connectivity index (χ0v) is 12.3. The van der Waals surface area contributed by atoms with Crippen LogP contribution < -0.4 is 0 Å². The molecule has 0 amide bonds. The largest absolute Gasteiger partial charge is 0.481 e. The van der Waals surface area contributed by atoms with Gasteiger partial charge in [-0.3, -0.25) is 4.79 Å². The Morgan fingerprint density at radius 1 is 0.895 bits per heavy atom. The summed E-state index contributed by atoms with van der Waals surface area (Å²) >= 11 is 0. The molecule has 110 valence electrons. The van der Waals surface area contributed by atoms with Gasteiger partial charge >= 0.3 is 5.97 Å². The normalized spacial score (nSPS) is 15.5. The first-order chi connectivity index (χ1) is 9.29. The molecule has 0 spiro atoms. The summed E-state index contributed by atoms with van der Waals surface area (Å²) in [4.78, 5) is 10.3. The number of carbonyl (C=O) groups is 1. The molecular formula is C17H30O2. The van der Waals surface area contributed by atoms with Crippen LogP contribution in [0, 0.1) is 0 Å². The van der Waals surface area contributed by atoms with Crippen molar-refractivity contribution < 1.29 is 9.90 Å². The number of unbranched alkanes of at least 4 members (excludes halogenated alkanes) is 7. The molecule has 1 saturated carbocycles. The fraction of sp³-hybridized carbons (Fsp3) is 0.824. The summed E-state index contributed by atoms with van der Waals surface area (Å²) in [5.74, 6) is -0.657. The van der Waals surface area contributed by atoms with E-state index in [9.17, 15) is 4.79 Å². The standard InChI is InChI=1S/C17H30O2/c18-17(19)15-11-6-4-2-1-3-5-8-12-16-13-9-7-10-14-16/h12H,1-11,13-15H2,(H,18,19). The van der Waals surface area contributed by atoms with E-state index in [2.05, 4.69) is 6.08 Å². The van der Waals surface area contributed by atoms with Gasteiger partial charge in [-0.25, -0.2) is 0 Å². The Morgan fingerprint density at radius 2 is 1.47 bits per heavy atom. The molecule has 0 aromatic heterocycles. The molecule has 0 unspecified atom stereocenters. The molecule has 1 aliphatic rings. The van der Waals surface area contributed by atoms with Crippen LogP contribution in [0.25, 0.3) is 0 Å². The zero-order valence-electron chi connectivity index (χ0n) is 12.3. The molecule has 0 aromatic rings. The predicted molar refractivity (Wildman–Crippen MR) is 80.4 cm³/mol. The molecule has 2 heteroatoms. The number of aliphatic carboxylic acids is 1. The Morgan fingerprint density at radius 3 is 2.11 bits per heavy atom. The van der Waals surface area contributed by atoms with Crippen LogP contribution in [-0.4, -0.2) is 11.1 Å². The molecule has 0 aromatic carbocycles. The first-order valence-corrected chi connectivity index (χ1v) is 8.19. The molecule has 2 nitrogen and oxygen atoms in total. The van der Waals surface area contributed by atoms with Gasteiger partial charge in [0.1, 0.15) is 0 Å². The fourth-order valence-corrected chi connectivity index (χ4v) is 2.82. The van der Waals surface area contributed by atoms with Crippen LogP contribution in [0.3, 0.4) is 0 Å². The van der Waals surface area contributed by atoms with Gasteiger partial charge in [0.2, 0.25) is 0 Å². The molecule has 0 radical (unpaired) electrons. The van der Waals surface area contributed by atoms with Gasteiger partial charge in [-0.15, -0.1) is 0 Å². The highest BCUT2D eigenvalue weighted by Crippen LogP contribution is 2.23. The number of allylic oxidation sites excluding steroid dienone is 2. The second-order valence-electron chi connectivity index (χ2n) is 5.83. The van der Waals surface area contributed by atoms with E-state index < -0.39 is 5.97 Å². The summed E-state index contributed by atoms with van der Waals surface area (Å²) in [6.07, 6.45) is 19.4. The van der Waals surface area contributed by atoms with E-state index in [0.717, 1.165) is 12.8 Å². The Labute approximate surface area is 118 Å². The van der Waals surface area contributed by atoms with Crippen LogP contribution >= 0.6 is 0 Å². The Kier molecular flexibility index (Phi) is 9.48. The van der Waals surface area contributed by atoms with Crippen LogP contribution in [0.5, 0.6) is 0 Å². The highest BCUT2D eigenvalue weighted by Gasteiger charge is 2.03. The molecule has 0 heterocycles. The van der Waals surface area contributed by atoms with E-state index in [0.29, 0.717) is 6.42 Å². The van der Waals surface area contributed by atoms with Crippen molar-refractivity contribution >= 4 is 5.97 Å². The SMILES string of the molecule is O=C(O)CCCCCCCCCC=C1CCCCC1. The molecule has 0 bridgehead atoms. The van der Waals surface area contributed by atoms with Crippen molar-refractivity contribution in [3.05, 3.63) is 11.6 Å². The van der Waals surface area contributed by atoms with Crippen molar-refractivity contribution in [2.24, 2.45) is 0 Å². The minimum Gasteiger partial charge on any atom is -0.481 e. The molecular weight excluding hydrogens is 236 g/mol. The third-order valence-corrected chi connectivity index (χ3v) is 4.02. The van der Waals surface area contributed by atoms with Gasteiger partial charge in [0.05, 0.1) is 0 Å². The number of hydrogen-bond donors (Lipinski definition) is 1. The minimum atomic E-state index is -0.657. The number of hydrogen-bond acceptors (Lipinski definition) is 1. The minimum absolute atomic E-state index is 0.341. The highest BCUT2D eigenvalue weighted by atomic mass is 16.4. The summed E-state index contributed by atoms with van der Waals surface area (Å²) in [6, 6.07) is 0. The first kappa shape index (κ1) is 16.3. The second-order valence-corrected chi connectivity index (χ2v) is 5.83. The lowest BCUT2D eigenvalue weighted by Crippen LogP contribution is -1.93. The first-order valence-electron chi connectivity index (χ1n) is 8.19.